The fourth-order valence-corrected chi connectivity index (χ4v) is 1.35. The molecule has 0 saturated heterocycles. The molecule has 0 unspecified atom stereocenters. The van der Waals surface area contributed by atoms with Gasteiger partial charge in [-0.2, -0.15) is 0 Å². The van der Waals surface area contributed by atoms with Gasteiger partial charge in [0.1, 0.15) is 10.4 Å². The van der Waals surface area contributed by atoms with Crippen molar-refractivity contribution in [3.8, 4) is 0 Å². The van der Waals surface area contributed by atoms with Gasteiger partial charge in [-0.3, -0.25) is 5.32 Å². The fourth-order valence-electron chi connectivity index (χ4n) is 0.798. The summed E-state index contributed by atoms with van der Waals surface area (Å²) in [6, 6.07) is 3.45. The molecule has 1 amide bonds. The number of nitrogens with zero attached hydrogens (tertiary/aromatic N) is 1. The van der Waals surface area contributed by atoms with Crippen LogP contribution in [-0.2, 0) is 0 Å². The Morgan fingerprint density at radius 1 is 1.67 bits per heavy atom. The maximum atomic E-state index is 10.2. The second-order valence-electron chi connectivity index (χ2n) is 2.28. The van der Waals surface area contributed by atoms with Crippen LogP contribution in [-0.4, -0.2) is 16.2 Å². The van der Waals surface area contributed by atoms with Crippen LogP contribution in [0.15, 0.2) is 16.7 Å². The average Bonchev–Trinajstić information content (AvgIpc) is 1.81. The number of carboxylic acid groups (broad SMARTS) is 1. The van der Waals surface area contributed by atoms with Crippen molar-refractivity contribution in [1.29, 1.82) is 0 Å². The number of carbonyl (C=O) groups is 1. The zero-order chi connectivity index (χ0) is 9.14. The molecule has 0 aliphatic heterocycles. The van der Waals surface area contributed by atoms with Crippen molar-refractivity contribution in [2.45, 2.75) is 6.92 Å². The van der Waals surface area contributed by atoms with Crippen molar-refractivity contribution < 1.29 is 9.90 Å². The van der Waals surface area contributed by atoms with E-state index in [2.05, 4.69) is 26.2 Å². The molecule has 5 heteroatoms. The second kappa shape index (κ2) is 3.53. The van der Waals surface area contributed by atoms with Gasteiger partial charge in [0.25, 0.3) is 0 Å². The minimum absolute atomic E-state index is 0.328. The molecule has 0 spiro atoms. The van der Waals surface area contributed by atoms with Gasteiger partial charge in [0, 0.05) is 0 Å². The highest BCUT2D eigenvalue weighted by Crippen LogP contribution is 2.13. The quantitative estimate of drug-likeness (QED) is 0.728. The lowest BCUT2D eigenvalue weighted by Gasteiger charge is -2.01. The molecule has 1 heterocycles. The van der Waals surface area contributed by atoms with Crippen LogP contribution in [0.1, 0.15) is 5.56 Å². The first-order chi connectivity index (χ1) is 5.58. The summed E-state index contributed by atoms with van der Waals surface area (Å²) in [5.41, 5.74) is 0.945. The SMILES string of the molecule is Cc1cc(Br)nc(NC(=O)O)c1. The first kappa shape index (κ1) is 8.99. The molecule has 0 bridgehead atoms. The highest BCUT2D eigenvalue weighted by Gasteiger charge is 2.00. The monoisotopic (exact) mass is 230 g/mol. The van der Waals surface area contributed by atoms with Gasteiger partial charge in [0.2, 0.25) is 0 Å². The average molecular weight is 231 g/mol. The van der Waals surface area contributed by atoms with E-state index in [4.69, 9.17) is 5.11 Å². The van der Waals surface area contributed by atoms with E-state index in [1.807, 2.05) is 6.92 Å². The Bertz CT molecular complexity index is 294. The molecular formula is C7H7BrN2O2. The molecule has 2 N–H and O–H groups in total. The molecule has 1 rings (SSSR count). The van der Waals surface area contributed by atoms with Crippen LogP contribution >= 0.6 is 15.9 Å². The van der Waals surface area contributed by atoms with Crippen LogP contribution < -0.4 is 5.32 Å². The predicted octanol–water partition coefficient (Wildman–Crippen LogP) is 2.24. The highest BCUT2D eigenvalue weighted by molar-refractivity contribution is 9.10. The van der Waals surface area contributed by atoms with E-state index >= 15 is 0 Å². The summed E-state index contributed by atoms with van der Waals surface area (Å²) < 4.78 is 0.617. The van der Waals surface area contributed by atoms with Crippen LogP contribution in [0.2, 0.25) is 0 Å². The Morgan fingerprint density at radius 2 is 2.33 bits per heavy atom. The minimum atomic E-state index is -1.11. The molecule has 1 aromatic rings. The number of hydrogen-bond acceptors (Lipinski definition) is 2. The molecule has 4 nitrogen and oxygen atoms in total. The van der Waals surface area contributed by atoms with Gasteiger partial charge in [0.15, 0.2) is 0 Å². The van der Waals surface area contributed by atoms with Gasteiger partial charge >= 0.3 is 6.09 Å². The van der Waals surface area contributed by atoms with E-state index in [-0.39, 0.29) is 0 Å². The third kappa shape index (κ3) is 2.50. The number of nitrogens with one attached hydrogen (secondary N) is 1. The van der Waals surface area contributed by atoms with Crippen LogP contribution in [0.25, 0.3) is 0 Å². The molecule has 1 aromatic heterocycles. The number of halogens is 1. The normalized spacial score (nSPS) is 9.50. The van der Waals surface area contributed by atoms with E-state index in [1.165, 1.54) is 0 Å². The number of aromatic nitrogens is 1. The number of aryl methyl sites for hydroxylation is 1. The maximum absolute atomic E-state index is 10.2. The van der Waals surface area contributed by atoms with Crippen molar-refractivity contribution in [1.82, 2.24) is 4.98 Å². The lowest BCUT2D eigenvalue weighted by molar-refractivity contribution is 0.209. The Balaban J connectivity index is 2.93. The maximum Gasteiger partial charge on any atom is 0.410 e. The lowest BCUT2D eigenvalue weighted by Crippen LogP contribution is -2.08. The first-order valence-electron chi connectivity index (χ1n) is 3.22. The molecular weight excluding hydrogens is 224 g/mol. The molecule has 0 atom stereocenters. The van der Waals surface area contributed by atoms with Gasteiger partial charge in [0.05, 0.1) is 0 Å². The Kier molecular flexibility index (Phi) is 2.65. The van der Waals surface area contributed by atoms with Crippen molar-refractivity contribution in [3.63, 3.8) is 0 Å². The van der Waals surface area contributed by atoms with Gasteiger partial charge < -0.3 is 5.11 Å². The third-order valence-electron chi connectivity index (χ3n) is 1.17. The smallest absolute Gasteiger partial charge is 0.410 e. The van der Waals surface area contributed by atoms with Crippen molar-refractivity contribution >= 4 is 27.8 Å². The summed E-state index contributed by atoms with van der Waals surface area (Å²) in [6.45, 7) is 1.86. The van der Waals surface area contributed by atoms with Gasteiger partial charge in [-0.05, 0) is 40.5 Å². The van der Waals surface area contributed by atoms with E-state index < -0.39 is 6.09 Å². The Hall–Kier alpha value is -1.10. The van der Waals surface area contributed by atoms with Gasteiger partial charge in [-0.25, -0.2) is 9.78 Å². The van der Waals surface area contributed by atoms with E-state index in [1.54, 1.807) is 12.1 Å². The van der Waals surface area contributed by atoms with Crippen LogP contribution in [0.5, 0.6) is 0 Å². The number of pyridine rings is 1. The number of anilines is 1. The lowest BCUT2D eigenvalue weighted by atomic mass is 10.3. The molecule has 64 valence electrons. The van der Waals surface area contributed by atoms with Crippen molar-refractivity contribution in [2.24, 2.45) is 0 Å². The van der Waals surface area contributed by atoms with Crippen LogP contribution in [0.4, 0.5) is 10.6 Å². The summed E-state index contributed by atoms with van der Waals surface area (Å²) in [5.74, 6) is 0.328. The largest absolute Gasteiger partial charge is 0.465 e. The molecule has 0 aliphatic carbocycles. The van der Waals surface area contributed by atoms with Crippen LogP contribution in [0.3, 0.4) is 0 Å². The Labute approximate surface area is 77.8 Å². The second-order valence-corrected chi connectivity index (χ2v) is 3.10. The zero-order valence-electron chi connectivity index (χ0n) is 6.34. The number of amides is 1. The molecule has 0 aliphatic rings. The Morgan fingerprint density at radius 3 is 2.83 bits per heavy atom. The van der Waals surface area contributed by atoms with Crippen LogP contribution in [0, 0.1) is 6.92 Å². The van der Waals surface area contributed by atoms with Gasteiger partial charge in [-0.15, -0.1) is 0 Å². The minimum Gasteiger partial charge on any atom is -0.465 e. The summed E-state index contributed by atoms with van der Waals surface area (Å²) >= 11 is 3.16. The first-order valence-corrected chi connectivity index (χ1v) is 4.01. The summed E-state index contributed by atoms with van der Waals surface area (Å²) in [5, 5.41) is 10.5. The number of hydrogen-bond donors (Lipinski definition) is 2. The summed E-state index contributed by atoms with van der Waals surface area (Å²) in [6.07, 6.45) is -1.11. The number of rotatable bonds is 1. The van der Waals surface area contributed by atoms with E-state index in [9.17, 15) is 4.79 Å². The highest BCUT2D eigenvalue weighted by atomic mass is 79.9. The van der Waals surface area contributed by atoms with Gasteiger partial charge in [-0.1, -0.05) is 0 Å². The summed E-state index contributed by atoms with van der Waals surface area (Å²) in [4.78, 5) is 14.1. The van der Waals surface area contributed by atoms with Crippen molar-refractivity contribution in [2.75, 3.05) is 5.32 Å². The topological polar surface area (TPSA) is 62.2 Å². The zero-order valence-corrected chi connectivity index (χ0v) is 7.92. The van der Waals surface area contributed by atoms with Crippen molar-refractivity contribution in [3.05, 3.63) is 22.3 Å². The standard InChI is InChI=1S/C7H7BrN2O2/c1-4-2-5(8)9-6(3-4)10-7(11)12/h2-3H,1H3,(H,9,10)(H,11,12). The molecule has 0 fully saturated rings. The third-order valence-corrected chi connectivity index (χ3v) is 1.58. The molecule has 0 aromatic carbocycles. The predicted molar refractivity (Wildman–Crippen MR) is 48.3 cm³/mol. The van der Waals surface area contributed by atoms with E-state index in [0.717, 1.165) is 5.56 Å². The molecule has 12 heavy (non-hydrogen) atoms. The summed E-state index contributed by atoms with van der Waals surface area (Å²) in [7, 11) is 0. The molecule has 0 radical (unpaired) electrons. The molecule has 0 saturated carbocycles. The van der Waals surface area contributed by atoms with E-state index in [0.29, 0.717) is 10.4 Å². The fraction of sp³-hybridized carbons (Fsp3) is 0.143.